The largest absolute Gasteiger partial charge is 0.490 e. The monoisotopic (exact) mass is 332 g/mol. The Morgan fingerprint density at radius 3 is 2.79 bits per heavy atom. The van der Waals surface area contributed by atoms with Crippen LogP contribution in [0.4, 0.5) is 11.5 Å². The molecule has 1 aromatic heterocycles. The van der Waals surface area contributed by atoms with Gasteiger partial charge in [-0.05, 0) is 24.5 Å². The number of rotatable bonds is 7. The van der Waals surface area contributed by atoms with E-state index in [2.05, 4.69) is 24.3 Å². The molecule has 0 spiro atoms. The highest BCUT2D eigenvalue weighted by atomic mass is 16.6. The molecule has 0 aliphatic carbocycles. The molecule has 2 aromatic rings. The second kappa shape index (κ2) is 7.58. The molecule has 1 amide bonds. The maximum atomic E-state index is 12.4. The normalized spacial score (nSPS) is 10.7. The molecular weight excluding hydrogens is 312 g/mol. The van der Waals surface area contributed by atoms with Gasteiger partial charge < -0.3 is 10.1 Å². The number of carbonyl (C=O) groups excluding carboxylic acids is 1. The Morgan fingerprint density at radius 1 is 1.42 bits per heavy atom. The van der Waals surface area contributed by atoms with E-state index in [1.165, 1.54) is 25.3 Å². The predicted molar refractivity (Wildman–Crippen MR) is 89.3 cm³/mol. The maximum Gasteiger partial charge on any atom is 0.323 e. The van der Waals surface area contributed by atoms with Gasteiger partial charge in [-0.3, -0.25) is 19.6 Å². The van der Waals surface area contributed by atoms with Crippen molar-refractivity contribution in [3.63, 3.8) is 0 Å². The second-order valence-corrected chi connectivity index (χ2v) is 5.71. The lowest BCUT2D eigenvalue weighted by atomic mass is 10.1. The van der Waals surface area contributed by atoms with Crippen molar-refractivity contribution in [3.8, 4) is 5.75 Å². The molecule has 2 rings (SSSR count). The third-order valence-corrected chi connectivity index (χ3v) is 3.46. The lowest BCUT2D eigenvalue weighted by Gasteiger charge is -2.07. The number of carbonyl (C=O) groups is 1. The van der Waals surface area contributed by atoms with Crippen LogP contribution >= 0.6 is 0 Å². The lowest BCUT2D eigenvalue weighted by Crippen LogP contribution is -2.15. The predicted octanol–water partition coefficient (Wildman–Crippen LogP) is 3.10. The molecule has 0 unspecified atom stereocenters. The van der Waals surface area contributed by atoms with Gasteiger partial charge in [0.2, 0.25) is 0 Å². The topological polar surface area (TPSA) is 99.3 Å². The van der Waals surface area contributed by atoms with Gasteiger partial charge in [-0.2, -0.15) is 5.10 Å². The third-order valence-electron chi connectivity index (χ3n) is 3.46. The van der Waals surface area contributed by atoms with Crippen molar-refractivity contribution in [2.75, 3.05) is 12.4 Å². The van der Waals surface area contributed by atoms with Gasteiger partial charge in [0.15, 0.2) is 11.6 Å². The first-order valence-electron chi connectivity index (χ1n) is 7.58. The second-order valence-electron chi connectivity index (χ2n) is 5.71. The Labute approximate surface area is 139 Å². The van der Waals surface area contributed by atoms with Gasteiger partial charge in [0.25, 0.3) is 5.91 Å². The minimum absolute atomic E-state index is 0.0371. The fourth-order valence-electron chi connectivity index (χ4n) is 2.19. The molecule has 0 bridgehead atoms. The molecule has 128 valence electrons. The molecule has 0 aliphatic rings. The number of amides is 1. The summed E-state index contributed by atoms with van der Waals surface area (Å²) in [6.07, 6.45) is 2.73. The molecule has 24 heavy (non-hydrogen) atoms. The zero-order chi connectivity index (χ0) is 17.7. The summed E-state index contributed by atoms with van der Waals surface area (Å²) in [6, 6.07) is 6.01. The maximum absolute atomic E-state index is 12.4. The van der Waals surface area contributed by atoms with E-state index in [1.807, 2.05) is 0 Å². The number of hydrogen-bond donors (Lipinski definition) is 1. The van der Waals surface area contributed by atoms with Gasteiger partial charge in [-0.25, -0.2) is 0 Å². The number of para-hydroxylation sites is 1. The number of nitro benzene ring substituents is 1. The van der Waals surface area contributed by atoms with Crippen molar-refractivity contribution < 1.29 is 14.5 Å². The van der Waals surface area contributed by atoms with Gasteiger partial charge in [-0.1, -0.05) is 19.9 Å². The Bertz CT molecular complexity index is 739. The molecule has 8 heteroatoms. The number of nitrogens with one attached hydrogen (secondary N) is 1. The molecule has 0 radical (unpaired) electrons. The van der Waals surface area contributed by atoms with Crippen LogP contribution in [0.2, 0.25) is 0 Å². The van der Waals surface area contributed by atoms with E-state index in [0.29, 0.717) is 11.7 Å². The molecule has 0 fully saturated rings. The van der Waals surface area contributed by atoms with Crippen LogP contribution in [0.15, 0.2) is 30.5 Å². The van der Waals surface area contributed by atoms with Crippen molar-refractivity contribution in [2.45, 2.75) is 26.8 Å². The van der Waals surface area contributed by atoms with E-state index < -0.39 is 10.8 Å². The summed E-state index contributed by atoms with van der Waals surface area (Å²) in [4.78, 5) is 23.0. The van der Waals surface area contributed by atoms with Crippen LogP contribution in [0.5, 0.6) is 5.75 Å². The van der Waals surface area contributed by atoms with Gasteiger partial charge in [0, 0.05) is 18.8 Å². The number of aromatic nitrogens is 2. The summed E-state index contributed by atoms with van der Waals surface area (Å²) in [5, 5.41) is 18.1. The Balaban J connectivity index is 2.17. The fourth-order valence-corrected chi connectivity index (χ4v) is 2.19. The van der Waals surface area contributed by atoms with E-state index in [0.717, 1.165) is 13.0 Å². The number of benzene rings is 1. The van der Waals surface area contributed by atoms with Gasteiger partial charge in [0.1, 0.15) is 5.56 Å². The number of methoxy groups -OCH3 is 1. The van der Waals surface area contributed by atoms with Gasteiger partial charge in [-0.15, -0.1) is 0 Å². The molecule has 1 heterocycles. The van der Waals surface area contributed by atoms with Crippen molar-refractivity contribution in [1.82, 2.24) is 9.78 Å². The molecule has 1 aromatic carbocycles. The molecule has 0 saturated carbocycles. The average molecular weight is 332 g/mol. The summed E-state index contributed by atoms with van der Waals surface area (Å²) in [5.41, 5.74) is -0.437. The Morgan fingerprint density at radius 2 is 2.17 bits per heavy atom. The SMILES string of the molecule is COc1cccc(C(=O)Nc2ccn(CCC(C)C)n2)c1[N+](=O)[O-]. The van der Waals surface area contributed by atoms with Crippen molar-refractivity contribution in [2.24, 2.45) is 5.92 Å². The first kappa shape index (κ1) is 17.5. The number of ether oxygens (including phenoxy) is 1. The summed E-state index contributed by atoms with van der Waals surface area (Å²) < 4.78 is 6.70. The lowest BCUT2D eigenvalue weighted by molar-refractivity contribution is -0.386. The minimum atomic E-state index is -0.630. The summed E-state index contributed by atoms with van der Waals surface area (Å²) in [5.74, 6) is 0.331. The van der Waals surface area contributed by atoms with Crippen LogP contribution in [0.3, 0.4) is 0 Å². The van der Waals surface area contributed by atoms with Crippen LogP contribution in [0, 0.1) is 16.0 Å². The highest BCUT2D eigenvalue weighted by molar-refractivity contribution is 6.07. The molecular formula is C16H20N4O4. The van der Waals surface area contributed by atoms with E-state index in [4.69, 9.17) is 4.74 Å². The summed E-state index contributed by atoms with van der Waals surface area (Å²) >= 11 is 0. The zero-order valence-corrected chi connectivity index (χ0v) is 13.9. The number of hydrogen-bond acceptors (Lipinski definition) is 5. The standard InChI is InChI=1S/C16H20N4O4/c1-11(2)7-9-19-10-8-14(18-19)17-16(21)12-5-4-6-13(24-3)15(12)20(22)23/h4-6,8,10-11H,7,9H2,1-3H3,(H,17,18,21). The highest BCUT2D eigenvalue weighted by Crippen LogP contribution is 2.30. The van der Waals surface area contributed by atoms with Crippen molar-refractivity contribution in [1.29, 1.82) is 0 Å². The van der Waals surface area contributed by atoms with Crippen LogP contribution in [0.1, 0.15) is 30.6 Å². The Hall–Kier alpha value is -2.90. The van der Waals surface area contributed by atoms with Crippen LogP contribution < -0.4 is 10.1 Å². The Kier molecular flexibility index (Phi) is 5.51. The van der Waals surface area contributed by atoms with E-state index in [-0.39, 0.29) is 17.0 Å². The third kappa shape index (κ3) is 4.09. The molecule has 8 nitrogen and oxygen atoms in total. The van der Waals surface area contributed by atoms with Crippen molar-refractivity contribution in [3.05, 3.63) is 46.1 Å². The van der Waals surface area contributed by atoms with E-state index in [9.17, 15) is 14.9 Å². The molecule has 0 saturated heterocycles. The van der Waals surface area contributed by atoms with Crippen LogP contribution in [0.25, 0.3) is 0 Å². The van der Waals surface area contributed by atoms with Gasteiger partial charge >= 0.3 is 5.69 Å². The summed E-state index contributed by atoms with van der Waals surface area (Å²) in [7, 11) is 1.32. The van der Waals surface area contributed by atoms with Crippen LogP contribution in [-0.2, 0) is 6.54 Å². The minimum Gasteiger partial charge on any atom is -0.490 e. The molecule has 0 atom stereocenters. The number of aryl methyl sites for hydroxylation is 1. The van der Waals surface area contributed by atoms with E-state index in [1.54, 1.807) is 16.9 Å². The molecule has 0 aliphatic heterocycles. The number of nitrogens with zero attached hydrogens (tertiary/aromatic N) is 3. The number of anilines is 1. The smallest absolute Gasteiger partial charge is 0.323 e. The van der Waals surface area contributed by atoms with Gasteiger partial charge in [0.05, 0.1) is 12.0 Å². The van der Waals surface area contributed by atoms with Crippen LogP contribution in [-0.4, -0.2) is 27.7 Å². The fraction of sp³-hybridized carbons (Fsp3) is 0.375. The number of nitro groups is 1. The summed E-state index contributed by atoms with van der Waals surface area (Å²) in [6.45, 7) is 4.98. The average Bonchev–Trinajstić information content (AvgIpc) is 2.99. The zero-order valence-electron chi connectivity index (χ0n) is 13.9. The first-order valence-corrected chi connectivity index (χ1v) is 7.58. The van der Waals surface area contributed by atoms with E-state index >= 15 is 0 Å². The van der Waals surface area contributed by atoms with Crippen molar-refractivity contribution >= 4 is 17.4 Å². The highest BCUT2D eigenvalue weighted by Gasteiger charge is 2.25. The quantitative estimate of drug-likeness (QED) is 0.620. The first-order chi connectivity index (χ1) is 11.4. The molecule has 1 N–H and O–H groups in total.